The van der Waals surface area contributed by atoms with E-state index >= 15 is 0 Å². The van der Waals surface area contributed by atoms with Crippen LogP contribution in [0.25, 0.3) is 11.0 Å². The van der Waals surface area contributed by atoms with E-state index in [1.54, 1.807) is 6.07 Å². The first-order valence-electron chi connectivity index (χ1n) is 5.43. The van der Waals surface area contributed by atoms with Crippen LogP contribution in [0.2, 0.25) is 0 Å². The van der Waals surface area contributed by atoms with Gasteiger partial charge in [-0.1, -0.05) is 41.3 Å². The summed E-state index contributed by atoms with van der Waals surface area (Å²) in [5.41, 5.74) is 0.690. The molecule has 3 rings (SSSR count). The van der Waals surface area contributed by atoms with Gasteiger partial charge in [-0.3, -0.25) is 10.1 Å². The van der Waals surface area contributed by atoms with E-state index in [1.807, 2.05) is 30.5 Å². The average Bonchev–Trinajstić information content (AvgIpc) is 3.04. The van der Waals surface area contributed by atoms with Crippen molar-refractivity contribution in [2.24, 2.45) is 0 Å². The van der Waals surface area contributed by atoms with Gasteiger partial charge >= 0.3 is 0 Å². The molecule has 96 valence electrons. The number of furan rings is 1. The van der Waals surface area contributed by atoms with Gasteiger partial charge in [0, 0.05) is 5.39 Å². The number of nitrogens with one attached hydrogen (secondary N) is 1. The van der Waals surface area contributed by atoms with Crippen LogP contribution >= 0.6 is 23.1 Å². The summed E-state index contributed by atoms with van der Waals surface area (Å²) in [6, 6.07) is 9.19. The lowest BCUT2D eigenvalue weighted by molar-refractivity contribution is 0.0998. The van der Waals surface area contributed by atoms with Gasteiger partial charge in [0.1, 0.15) is 5.58 Å². The summed E-state index contributed by atoms with van der Waals surface area (Å²) in [5, 5.41) is 11.8. The summed E-state index contributed by atoms with van der Waals surface area (Å²) in [5.74, 6) is -0.0536. The number of amides is 1. The van der Waals surface area contributed by atoms with Crippen LogP contribution < -0.4 is 5.32 Å². The van der Waals surface area contributed by atoms with Gasteiger partial charge in [0.25, 0.3) is 5.91 Å². The molecule has 0 atom stereocenters. The SMILES string of the molecule is CSc1nnc(NC(=O)c2cc3ccccc3o2)s1. The molecule has 0 aliphatic rings. The Hall–Kier alpha value is -1.86. The fourth-order valence-electron chi connectivity index (χ4n) is 1.60. The molecule has 0 aliphatic carbocycles. The van der Waals surface area contributed by atoms with Crippen LogP contribution in [0, 0.1) is 0 Å². The maximum atomic E-state index is 12.0. The molecule has 0 radical (unpaired) electrons. The molecule has 0 fully saturated rings. The number of fused-ring (bicyclic) bond motifs is 1. The number of hydrogen-bond donors (Lipinski definition) is 1. The number of thioether (sulfide) groups is 1. The van der Waals surface area contributed by atoms with E-state index in [9.17, 15) is 4.79 Å². The number of anilines is 1. The molecule has 5 nitrogen and oxygen atoms in total. The molecule has 19 heavy (non-hydrogen) atoms. The Morgan fingerprint density at radius 1 is 1.37 bits per heavy atom. The van der Waals surface area contributed by atoms with Crippen molar-refractivity contribution in [3.8, 4) is 0 Å². The van der Waals surface area contributed by atoms with E-state index in [-0.39, 0.29) is 11.7 Å². The van der Waals surface area contributed by atoms with Gasteiger partial charge in [-0.05, 0) is 18.4 Å². The third-order valence-corrected chi connectivity index (χ3v) is 4.27. The van der Waals surface area contributed by atoms with Crippen LogP contribution in [-0.2, 0) is 0 Å². The minimum absolute atomic E-state index is 0.266. The molecule has 2 heterocycles. The van der Waals surface area contributed by atoms with Crippen molar-refractivity contribution in [1.82, 2.24) is 10.2 Å². The predicted molar refractivity (Wildman–Crippen MR) is 75.9 cm³/mol. The minimum atomic E-state index is -0.319. The highest BCUT2D eigenvalue weighted by Crippen LogP contribution is 2.24. The maximum absolute atomic E-state index is 12.0. The van der Waals surface area contributed by atoms with Crippen LogP contribution in [0.15, 0.2) is 39.1 Å². The van der Waals surface area contributed by atoms with Crippen molar-refractivity contribution in [2.45, 2.75) is 4.34 Å². The molecule has 0 saturated heterocycles. The second kappa shape index (κ2) is 5.02. The van der Waals surface area contributed by atoms with E-state index in [2.05, 4.69) is 15.5 Å². The molecule has 7 heteroatoms. The summed E-state index contributed by atoms with van der Waals surface area (Å²) in [6.07, 6.45) is 1.91. The molecule has 0 spiro atoms. The number of benzene rings is 1. The first-order valence-corrected chi connectivity index (χ1v) is 7.48. The molecule has 0 saturated carbocycles. The van der Waals surface area contributed by atoms with Crippen LogP contribution in [0.5, 0.6) is 0 Å². The fourth-order valence-corrected chi connectivity index (χ4v) is 2.76. The number of aromatic nitrogens is 2. The third-order valence-electron chi connectivity index (χ3n) is 2.45. The van der Waals surface area contributed by atoms with E-state index in [4.69, 9.17) is 4.42 Å². The van der Waals surface area contributed by atoms with Crippen molar-refractivity contribution < 1.29 is 9.21 Å². The van der Waals surface area contributed by atoms with Crippen molar-refractivity contribution in [1.29, 1.82) is 0 Å². The van der Waals surface area contributed by atoms with Gasteiger partial charge in [-0.25, -0.2) is 0 Å². The lowest BCUT2D eigenvalue weighted by atomic mass is 10.2. The minimum Gasteiger partial charge on any atom is -0.451 e. The van der Waals surface area contributed by atoms with Gasteiger partial charge in [0.2, 0.25) is 5.13 Å². The molecular weight excluding hydrogens is 282 g/mol. The molecular formula is C12H9N3O2S2. The Morgan fingerprint density at radius 3 is 2.95 bits per heavy atom. The zero-order chi connectivity index (χ0) is 13.2. The van der Waals surface area contributed by atoms with Gasteiger partial charge in [0.05, 0.1) is 0 Å². The Kier molecular flexibility index (Phi) is 3.22. The van der Waals surface area contributed by atoms with E-state index in [0.29, 0.717) is 10.7 Å². The Bertz CT molecular complexity index is 702. The summed E-state index contributed by atoms with van der Waals surface area (Å²) >= 11 is 2.82. The van der Waals surface area contributed by atoms with Gasteiger partial charge < -0.3 is 4.42 Å². The number of hydrogen-bond acceptors (Lipinski definition) is 6. The molecule has 0 bridgehead atoms. The fraction of sp³-hybridized carbons (Fsp3) is 0.0833. The Balaban J connectivity index is 1.83. The van der Waals surface area contributed by atoms with E-state index < -0.39 is 0 Å². The predicted octanol–water partition coefficient (Wildman–Crippen LogP) is 3.26. The van der Waals surface area contributed by atoms with Gasteiger partial charge in [-0.2, -0.15) is 0 Å². The lowest BCUT2D eigenvalue weighted by Crippen LogP contribution is -2.10. The highest BCUT2D eigenvalue weighted by atomic mass is 32.2. The van der Waals surface area contributed by atoms with Crippen molar-refractivity contribution in [2.75, 3.05) is 11.6 Å². The number of para-hydroxylation sites is 1. The molecule has 0 unspecified atom stereocenters. The summed E-state index contributed by atoms with van der Waals surface area (Å²) in [6.45, 7) is 0. The number of carbonyl (C=O) groups excluding carboxylic acids is 1. The van der Waals surface area contributed by atoms with Crippen LogP contribution in [0.3, 0.4) is 0 Å². The Labute approximate surface area is 117 Å². The second-order valence-corrected chi connectivity index (χ2v) is 5.71. The quantitative estimate of drug-likeness (QED) is 0.592. The average molecular weight is 291 g/mol. The summed E-state index contributed by atoms with van der Waals surface area (Å²) in [4.78, 5) is 12.0. The summed E-state index contributed by atoms with van der Waals surface area (Å²) in [7, 11) is 0. The smallest absolute Gasteiger partial charge is 0.293 e. The number of rotatable bonds is 3. The monoisotopic (exact) mass is 291 g/mol. The zero-order valence-corrected chi connectivity index (χ0v) is 11.5. The standard InChI is InChI=1S/C12H9N3O2S2/c1-18-12-15-14-11(19-12)13-10(16)9-6-7-4-2-3-5-8(7)17-9/h2-6H,1H3,(H,13,14,16). The third kappa shape index (κ3) is 2.47. The number of carbonyl (C=O) groups is 1. The van der Waals surface area contributed by atoms with Gasteiger partial charge in [0.15, 0.2) is 10.1 Å². The largest absolute Gasteiger partial charge is 0.451 e. The second-order valence-electron chi connectivity index (χ2n) is 3.68. The van der Waals surface area contributed by atoms with Crippen LogP contribution in [0.4, 0.5) is 5.13 Å². The van der Waals surface area contributed by atoms with Crippen molar-refractivity contribution in [3.05, 3.63) is 36.1 Å². The first-order chi connectivity index (χ1) is 9.26. The molecule has 0 aliphatic heterocycles. The number of nitrogens with zero attached hydrogens (tertiary/aromatic N) is 2. The summed E-state index contributed by atoms with van der Waals surface area (Å²) < 4.78 is 6.28. The maximum Gasteiger partial charge on any atom is 0.293 e. The first kappa shape index (κ1) is 12.2. The van der Waals surface area contributed by atoms with Crippen molar-refractivity contribution >= 4 is 45.1 Å². The Morgan fingerprint density at radius 2 is 2.21 bits per heavy atom. The van der Waals surface area contributed by atoms with Crippen LogP contribution in [0.1, 0.15) is 10.6 Å². The highest BCUT2D eigenvalue weighted by Gasteiger charge is 2.14. The van der Waals surface area contributed by atoms with E-state index in [0.717, 1.165) is 9.73 Å². The van der Waals surface area contributed by atoms with E-state index in [1.165, 1.54) is 23.1 Å². The van der Waals surface area contributed by atoms with Crippen molar-refractivity contribution in [3.63, 3.8) is 0 Å². The molecule has 1 N–H and O–H groups in total. The normalized spacial score (nSPS) is 10.8. The van der Waals surface area contributed by atoms with Crippen LogP contribution in [-0.4, -0.2) is 22.4 Å². The molecule has 3 aromatic rings. The molecule has 2 aromatic heterocycles. The molecule has 1 amide bonds. The zero-order valence-electron chi connectivity index (χ0n) is 9.91. The lowest BCUT2D eigenvalue weighted by Gasteiger charge is -1.95. The highest BCUT2D eigenvalue weighted by molar-refractivity contribution is 8.00. The van der Waals surface area contributed by atoms with Gasteiger partial charge in [-0.15, -0.1) is 10.2 Å². The molecule has 1 aromatic carbocycles. The topological polar surface area (TPSA) is 68.0 Å².